The highest BCUT2D eigenvalue weighted by Crippen LogP contribution is 2.38. The van der Waals surface area contributed by atoms with E-state index in [-0.39, 0.29) is 5.60 Å². The Morgan fingerprint density at radius 2 is 1.62 bits per heavy atom. The SMILES string of the molecule is CCc1ccc(CN2CCC3(CC2)C[C@@H](N2CCN(C)CC2)CO3)cc1. The summed E-state index contributed by atoms with van der Waals surface area (Å²) in [6.45, 7) is 11.4. The molecule has 3 heterocycles. The van der Waals surface area contributed by atoms with Gasteiger partial charge in [0.1, 0.15) is 0 Å². The van der Waals surface area contributed by atoms with Crippen LogP contribution in [0.15, 0.2) is 24.3 Å². The first-order chi connectivity index (χ1) is 12.7. The Balaban J connectivity index is 1.26. The lowest BCUT2D eigenvalue weighted by Gasteiger charge is -2.40. The van der Waals surface area contributed by atoms with Gasteiger partial charge < -0.3 is 9.64 Å². The summed E-state index contributed by atoms with van der Waals surface area (Å²) in [6, 6.07) is 9.82. The zero-order valence-corrected chi connectivity index (χ0v) is 16.6. The second kappa shape index (κ2) is 7.97. The second-order valence-electron chi connectivity index (χ2n) is 8.64. The number of benzene rings is 1. The summed E-state index contributed by atoms with van der Waals surface area (Å²) in [4.78, 5) is 7.72. The number of rotatable bonds is 4. The lowest BCUT2D eigenvalue weighted by Crippen LogP contribution is -2.50. The molecular weight excluding hydrogens is 322 g/mol. The highest BCUT2D eigenvalue weighted by Gasteiger charge is 2.44. The molecule has 0 amide bonds. The maximum Gasteiger partial charge on any atom is 0.0723 e. The molecule has 1 spiro atoms. The van der Waals surface area contributed by atoms with E-state index in [4.69, 9.17) is 4.74 Å². The Labute approximate surface area is 159 Å². The number of piperazine rings is 1. The van der Waals surface area contributed by atoms with Crippen molar-refractivity contribution in [2.75, 3.05) is 52.9 Å². The predicted octanol–water partition coefficient (Wildman–Crippen LogP) is 2.62. The van der Waals surface area contributed by atoms with Crippen LogP contribution >= 0.6 is 0 Å². The molecule has 0 aliphatic carbocycles. The molecule has 4 rings (SSSR count). The predicted molar refractivity (Wildman–Crippen MR) is 106 cm³/mol. The molecule has 1 atom stereocenters. The monoisotopic (exact) mass is 357 g/mol. The fourth-order valence-electron chi connectivity index (χ4n) is 4.85. The van der Waals surface area contributed by atoms with Crippen molar-refractivity contribution in [1.29, 1.82) is 0 Å². The van der Waals surface area contributed by atoms with Crippen LogP contribution in [0.25, 0.3) is 0 Å². The summed E-state index contributed by atoms with van der Waals surface area (Å²) in [5.41, 5.74) is 3.04. The molecule has 3 saturated heterocycles. The van der Waals surface area contributed by atoms with Crippen LogP contribution in [0, 0.1) is 0 Å². The number of likely N-dealkylation sites (N-methyl/N-ethyl adjacent to an activating group) is 1. The molecule has 0 aromatic heterocycles. The number of ether oxygens (including phenoxy) is 1. The molecule has 4 nitrogen and oxygen atoms in total. The van der Waals surface area contributed by atoms with Gasteiger partial charge in [-0.2, -0.15) is 0 Å². The van der Waals surface area contributed by atoms with E-state index < -0.39 is 0 Å². The summed E-state index contributed by atoms with van der Waals surface area (Å²) in [6.07, 6.45) is 4.77. The minimum Gasteiger partial charge on any atom is -0.373 e. The number of likely N-dealkylation sites (tertiary alicyclic amines) is 1. The average molecular weight is 358 g/mol. The number of aryl methyl sites for hydroxylation is 1. The molecule has 0 radical (unpaired) electrons. The molecule has 0 saturated carbocycles. The summed E-state index contributed by atoms with van der Waals surface area (Å²) >= 11 is 0. The van der Waals surface area contributed by atoms with Crippen LogP contribution < -0.4 is 0 Å². The quantitative estimate of drug-likeness (QED) is 0.824. The normalized spacial score (nSPS) is 28.0. The lowest BCUT2D eigenvalue weighted by molar-refractivity contribution is -0.0454. The van der Waals surface area contributed by atoms with Crippen molar-refractivity contribution in [3.05, 3.63) is 35.4 Å². The van der Waals surface area contributed by atoms with E-state index in [9.17, 15) is 0 Å². The third kappa shape index (κ3) is 4.14. The largest absolute Gasteiger partial charge is 0.373 e. The van der Waals surface area contributed by atoms with Gasteiger partial charge in [0.05, 0.1) is 12.2 Å². The zero-order valence-electron chi connectivity index (χ0n) is 16.6. The van der Waals surface area contributed by atoms with Gasteiger partial charge in [-0.1, -0.05) is 31.2 Å². The molecule has 144 valence electrons. The van der Waals surface area contributed by atoms with Gasteiger partial charge in [0.15, 0.2) is 0 Å². The van der Waals surface area contributed by atoms with Gasteiger partial charge >= 0.3 is 0 Å². The number of nitrogens with zero attached hydrogens (tertiary/aromatic N) is 3. The Bertz CT molecular complexity index is 572. The molecule has 4 heteroatoms. The van der Waals surface area contributed by atoms with Crippen molar-refractivity contribution < 1.29 is 4.74 Å². The van der Waals surface area contributed by atoms with Crippen LogP contribution in [0.2, 0.25) is 0 Å². The van der Waals surface area contributed by atoms with E-state index in [0.717, 1.165) is 19.6 Å². The first-order valence-corrected chi connectivity index (χ1v) is 10.5. The highest BCUT2D eigenvalue weighted by atomic mass is 16.5. The molecular formula is C22H35N3O. The van der Waals surface area contributed by atoms with Crippen molar-refractivity contribution in [1.82, 2.24) is 14.7 Å². The maximum absolute atomic E-state index is 6.42. The van der Waals surface area contributed by atoms with Gasteiger partial charge in [0.2, 0.25) is 0 Å². The summed E-state index contributed by atoms with van der Waals surface area (Å²) < 4.78 is 6.42. The first kappa shape index (κ1) is 18.4. The van der Waals surface area contributed by atoms with Crippen molar-refractivity contribution >= 4 is 0 Å². The van der Waals surface area contributed by atoms with Crippen LogP contribution in [-0.2, 0) is 17.7 Å². The van der Waals surface area contributed by atoms with Gasteiger partial charge in [0.25, 0.3) is 0 Å². The fraction of sp³-hybridized carbons (Fsp3) is 0.727. The van der Waals surface area contributed by atoms with Crippen LogP contribution in [0.1, 0.15) is 37.3 Å². The zero-order chi connectivity index (χ0) is 18.0. The highest BCUT2D eigenvalue weighted by molar-refractivity contribution is 5.22. The number of piperidine rings is 1. The first-order valence-electron chi connectivity index (χ1n) is 10.5. The molecule has 3 fully saturated rings. The average Bonchev–Trinajstić information content (AvgIpc) is 3.09. The Hall–Kier alpha value is -0.940. The van der Waals surface area contributed by atoms with E-state index in [1.54, 1.807) is 0 Å². The van der Waals surface area contributed by atoms with Crippen molar-refractivity contribution in [2.45, 2.75) is 50.8 Å². The lowest BCUT2D eigenvalue weighted by atomic mass is 9.87. The number of hydrogen-bond donors (Lipinski definition) is 0. The molecule has 3 aliphatic rings. The summed E-state index contributed by atoms with van der Waals surface area (Å²) in [5.74, 6) is 0. The van der Waals surface area contributed by atoms with Gasteiger partial charge in [0, 0.05) is 51.9 Å². The Morgan fingerprint density at radius 3 is 2.27 bits per heavy atom. The maximum atomic E-state index is 6.42. The minimum absolute atomic E-state index is 0.163. The van der Waals surface area contributed by atoms with Gasteiger partial charge in [-0.3, -0.25) is 9.80 Å². The van der Waals surface area contributed by atoms with E-state index in [0.29, 0.717) is 6.04 Å². The van der Waals surface area contributed by atoms with Gasteiger partial charge in [-0.25, -0.2) is 0 Å². The standard InChI is InChI=1S/C22H35N3O/c1-3-19-4-6-20(7-5-19)17-24-10-8-22(9-11-24)16-21(18-26-22)25-14-12-23(2)13-15-25/h4-7,21H,3,8-18H2,1-2H3/t21-/m1/s1. The smallest absolute Gasteiger partial charge is 0.0723 e. The minimum atomic E-state index is 0.163. The third-order valence-electron chi connectivity index (χ3n) is 6.85. The van der Waals surface area contributed by atoms with E-state index in [1.165, 1.54) is 69.7 Å². The van der Waals surface area contributed by atoms with Gasteiger partial charge in [-0.15, -0.1) is 0 Å². The molecule has 3 aliphatic heterocycles. The second-order valence-corrected chi connectivity index (χ2v) is 8.64. The molecule has 26 heavy (non-hydrogen) atoms. The molecule has 1 aromatic rings. The van der Waals surface area contributed by atoms with Crippen LogP contribution in [0.4, 0.5) is 0 Å². The van der Waals surface area contributed by atoms with Crippen LogP contribution in [0.3, 0.4) is 0 Å². The van der Waals surface area contributed by atoms with Crippen molar-refractivity contribution in [3.8, 4) is 0 Å². The Kier molecular flexibility index (Phi) is 5.65. The van der Waals surface area contributed by atoms with Crippen LogP contribution in [-0.4, -0.2) is 79.3 Å². The number of hydrogen-bond acceptors (Lipinski definition) is 4. The molecule has 1 aromatic carbocycles. The molecule has 0 bridgehead atoms. The van der Waals surface area contributed by atoms with E-state index in [1.807, 2.05) is 0 Å². The van der Waals surface area contributed by atoms with E-state index >= 15 is 0 Å². The summed E-state index contributed by atoms with van der Waals surface area (Å²) in [7, 11) is 2.23. The van der Waals surface area contributed by atoms with Crippen molar-refractivity contribution in [2.24, 2.45) is 0 Å². The van der Waals surface area contributed by atoms with E-state index in [2.05, 4.69) is 52.9 Å². The third-order valence-corrected chi connectivity index (χ3v) is 6.85. The topological polar surface area (TPSA) is 19.0 Å². The Morgan fingerprint density at radius 1 is 0.962 bits per heavy atom. The fourth-order valence-corrected chi connectivity index (χ4v) is 4.85. The molecule has 0 unspecified atom stereocenters. The summed E-state index contributed by atoms with van der Waals surface area (Å²) in [5, 5.41) is 0. The van der Waals surface area contributed by atoms with Gasteiger partial charge in [-0.05, 0) is 43.9 Å². The molecule has 0 N–H and O–H groups in total. The van der Waals surface area contributed by atoms with Crippen molar-refractivity contribution in [3.63, 3.8) is 0 Å². The van der Waals surface area contributed by atoms with Crippen LogP contribution in [0.5, 0.6) is 0 Å².